The lowest BCUT2D eigenvalue weighted by atomic mass is 9.72. The highest BCUT2D eigenvalue weighted by atomic mass is 16.7. The van der Waals surface area contributed by atoms with Crippen molar-refractivity contribution < 1.29 is 58.6 Å². The molecule has 2 aliphatic carbocycles. The van der Waals surface area contributed by atoms with Crippen molar-refractivity contribution in [2.24, 2.45) is 0 Å². The van der Waals surface area contributed by atoms with Gasteiger partial charge in [0.15, 0.2) is 17.9 Å². The van der Waals surface area contributed by atoms with Crippen LogP contribution in [0.2, 0.25) is 0 Å². The normalized spacial score (nSPS) is 27.6. The first kappa shape index (κ1) is 31.5. The Kier molecular flexibility index (Phi) is 8.53. The van der Waals surface area contributed by atoms with Crippen molar-refractivity contribution in [3.63, 3.8) is 0 Å². The number of hydrogen-bond acceptors (Lipinski definition) is 13. The lowest BCUT2D eigenvalue weighted by Gasteiger charge is -2.42. The predicted molar refractivity (Wildman–Crippen MR) is 151 cm³/mol. The van der Waals surface area contributed by atoms with E-state index < -0.39 is 88.6 Å². The van der Waals surface area contributed by atoms with Crippen molar-refractivity contribution >= 4 is 23.3 Å². The molecule has 1 saturated heterocycles. The maximum Gasteiger partial charge on any atom is 0.319 e. The van der Waals surface area contributed by atoms with E-state index in [1.807, 2.05) is 0 Å². The fraction of sp³-hybridized carbons (Fsp3) is 0.484. The summed E-state index contributed by atoms with van der Waals surface area (Å²) in [4.78, 5) is 51.9. The fourth-order valence-corrected chi connectivity index (χ4v) is 6.25. The van der Waals surface area contributed by atoms with E-state index in [-0.39, 0.29) is 54.0 Å². The monoisotopic (exact) mass is 613 g/mol. The molecular formula is C31H35NO12. The molecule has 0 unspecified atom stereocenters. The van der Waals surface area contributed by atoms with Gasteiger partial charge in [0.05, 0.1) is 55.3 Å². The highest BCUT2D eigenvalue weighted by Crippen LogP contribution is 2.52. The number of ether oxygens (including phenoxy) is 4. The van der Waals surface area contributed by atoms with Crippen LogP contribution in [0.15, 0.2) is 18.2 Å². The van der Waals surface area contributed by atoms with Gasteiger partial charge in [0, 0.05) is 42.0 Å². The van der Waals surface area contributed by atoms with Crippen LogP contribution in [0.1, 0.15) is 82.7 Å². The Morgan fingerprint density at radius 3 is 2.48 bits per heavy atom. The second-order valence-electron chi connectivity index (χ2n) is 11.3. The molecule has 2 aromatic carbocycles. The van der Waals surface area contributed by atoms with E-state index in [9.17, 15) is 39.6 Å². The Labute approximate surface area is 252 Å². The molecule has 0 radical (unpaired) electrons. The van der Waals surface area contributed by atoms with Gasteiger partial charge in [0.2, 0.25) is 5.78 Å². The standard InChI is InChI=1S/C31H35NO12/c1-5-42-20(34)12-32-17-9-21(43-13(2)26(17)35)44-19-11-31(40,14(3)33)10-16-23(19)30(39)25-24(28(16)37)27(36)15-7-6-8-18(41-4)22(15)29(25)38/h6-8,13,17,19,21,26,32,35,37,39-40H,5,9-12H2,1-4H3/t13-,17-,19-,21-,26+,31-/m0/s1. The Bertz CT molecular complexity index is 1540. The van der Waals surface area contributed by atoms with Gasteiger partial charge in [0.1, 0.15) is 22.8 Å². The summed E-state index contributed by atoms with van der Waals surface area (Å²) in [5.74, 6) is -3.87. The van der Waals surface area contributed by atoms with Gasteiger partial charge >= 0.3 is 5.97 Å². The maximum atomic E-state index is 13.8. The first-order chi connectivity index (χ1) is 20.8. The number of phenols is 2. The first-order valence-electron chi connectivity index (χ1n) is 14.3. The SMILES string of the molecule is CCOC(=O)CN[C@H]1C[C@H](O[C@H]2C[C@](O)(C(C)=O)Cc3c(O)c4c(c(O)c32)C(=O)c2c(OC)cccc2C4=O)O[C@@H](C)[C@H]1O. The number of ketones is 3. The number of phenolic OH excluding ortho intramolecular Hbond substituents is 2. The van der Waals surface area contributed by atoms with Gasteiger partial charge in [-0.2, -0.15) is 0 Å². The number of aromatic hydroxyl groups is 2. The van der Waals surface area contributed by atoms with Gasteiger partial charge in [0.25, 0.3) is 0 Å². The summed E-state index contributed by atoms with van der Waals surface area (Å²) in [6.45, 7) is 4.42. The van der Waals surface area contributed by atoms with Crippen LogP contribution < -0.4 is 10.1 Å². The quantitative estimate of drug-likeness (QED) is 0.180. The number of hydrogen-bond donors (Lipinski definition) is 5. The number of benzene rings is 2. The number of fused-ring (bicyclic) bond motifs is 3. The maximum absolute atomic E-state index is 13.8. The second-order valence-corrected chi connectivity index (χ2v) is 11.3. The van der Waals surface area contributed by atoms with Gasteiger partial charge < -0.3 is 44.7 Å². The number of rotatable bonds is 8. The molecule has 5 rings (SSSR count). The van der Waals surface area contributed by atoms with Crippen molar-refractivity contribution in [2.45, 2.75) is 76.3 Å². The zero-order chi connectivity index (χ0) is 32.1. The minimum absolute atomic E-state index is 0.00885. The molecule has 0 aromatic heterocycles. The van der Waals surface area contributed by atoms with Gasteiger partial charge in [-0.25, -0.2) is 0 Å². The molecule has 13 nitrogen and oxygen atoms in total. The van der Waals surface area contributed by atoms with Crippen LogP contribution in [-0.4, -0.2) is 94.1 Å². The van der Waals surface area contributed by atoms with Crippen molar-refractivity contribution in [1.82, 2.24) is 5.32 Å². The summed E-state index contributed by atoms with van der Waals surface area (Å²) in [5.41, 5.74) is -3.27. The molecule has 13 heteroatoms. The number of methoxy groups -OCH3 is 1. The number of nitrogens with one attached hydrogen (secondary N) is 1. The van der Waals surface area contributed by atoms with E-state index in [1.54, 1.807) is 13.8 Å². The lowest BCUT2D eigenvalue weighted by Crippen LogP contribution is -2.55. The predicted octanol–water partition coefficient (Wildman–Crippen LogP) is 1.22. The molecule has 2 aromatic rings. The van der Waals surface area contributed by atoms with E-state index in [1.165, 1.54) is 32.2 Å². The molecule has 0 bridgehead atoms. The summed E-state index contributed by atoms with van der Waals surface area (Å²) in [6, 6.07) is 3.72. The van der Waals surface area contributed by atoms with Crippen LogP contribution in [0, 0.1) is 0 Å². The van der Waals surface area contributed by atoms with Gasteiger partial charge in [-0.3, -0.25) is 19.2 Å². The first-order valence-corrected chi connectivity index (χ1v) is 14.3. The Morgan fingerprint density at radius 2 is 1.82 bits per heavy atom. The molecule has 6 atom stereocenters. The summed E-state index contributed by atoms with van der Waals surface area (Å²) in [6.07, 6.45) is -5.02. The van der Waals surface area contributed by atoms with E-state index >= 15 is 0 Å². The second kappa shape index (κ2) is 11.9. The Balaban J connectivity index is 1.56. The zero-order valence-corrected chi connectivity index (χ0v) is 24.7. The summed E-state index contributed by atoms with van der Waals surface area (Å²) in [5, 5.41) is 48.0. The average Bonchev–Trinajstić information content (AvgIpc) is 2.98. The van der Waals surface area contributed by atoms with Gasteiger partial charge in [-0.1, -0.05) is 12.1 Å². The van der Waals surface area contributed by atoms with Crippen LogP contribution in [0.3, 0.4) is 0 Å². The van der Waals surface area contributed by atoms with Crippen LogP contribution in [0.4, 0.5) is 0 Å². The Morgan fingerprint density at radius 1 is 1.11 bits per heavy atom. The number of Topliss-reactive ketones (excluding diaryl/α,β-unsaturated/α-hetero) is 1. The number of carbonyl (C=O) groups excluding carboxylic acids is 4. The number of aliphatic hydroxyl groups excluding tert-OH is 1. The third kappa shape index (κ3) is 5.24. The van der Waals surface area contributed by atoms with Crippen molar-refractivity contribution in [3.05, 3.63) is 51.6 Å². The molecule has 0 saturated carbocycles. The topological polar surface area (TPSA) is 198 Å². The van der Waals surface area contributed by atoms with Crippen LogP contribution >= 0.6 is 0 Å². The molecule has 1 fully saturated rings. The smallest absolute Gasteiger partial charge is 0.319 e. The molecule has 44 heavy (non-hydrogen) atoms. The summed E-state index contributed by atoms with van der Waals surface area (Å²) >= 11 is 0. The highest BCUT2D eigenvalue weighted by molar-refractivity contribution is 6.31. The number of esters is 1. The van der Waals surface area contributed by atoms with E-state index in [0.717, 1.165) is 0 Å². The van der Waals surface area contributed by atoms with Crippen LogP contribution in [0.5, 0.6) is 17.2 Å². The molecule has 3 aliphatic rings. The third-order valence-corrected chi connectivity index (χ3v) is 8.57. The van der Waals surface area contributed by atoms with Crippen LogP contribution in [0.25, 0.3) is 0 Å². The van der Waals surface area contributed by atoms with Crippen molar-refractivity contribution in [1.29, 1.82) is 0 Å². The minimum Gasteiger partial charge on any atom is -0.507 e. The zero-order valence-electron chi connectivity index (χ0n) is 24.7. The van der Waals surface area contributed by atoms with Crippen molar-refractivity contribution in [3.8, 4) is 17.2 Å². The van der Waals surface area contributed by atoms with Gasteiger partial charge in [-0.15, -0.1) is 0 Å². The van der Waals surface area contributed by atoms with E-state index in [4.69, 9.17) is 18.9 Å². The van der Waals surface area contributed by atoms with Crippen LogP contribution in [-0.2, 0) is 30.2 Å². The molecule has 5 N–H and O–H groups in total. The number of carbonyl (C=O) groups is 4. The molecule has 0 spiro atoms. The van der Waals surface area contributed by atoms with E-state index in [2.05, 4.69) is 5.32 Å². The summed E-state index contributed by atoms with van der Waals surface area (Å²) < 4.78 is 22.3. The Hall–Kier alpha value is -3.88. The van der Waals surface area contributed by atoms with Gasteiger partial charge in [-0.05, 0) is 26.8 Å². The molecule has 1 heterocycles. The minimum atomic E-state index is -2.06. The summed E-state index contributed by atoms with van der Waals surface area (Å²) in [7, 11) is 1.33. The highest BCUT2D eigenvalue weighted by Gasteiger charge is 2.49. The molecular weight excluding hydrogens is 578 g/mol. The number of aliphatic hydroxyl groups is 2. The molecule has 1 aliphatic heterocycles. The molecule has 236 valence electrons. The molecule has 0 amide bonds. The largest absolute Gasteiger partial charge is 0.507 e. The van der Waals surface area contributed by atoms with E-state index in [0.29, 0.717) is 0 Å². The lowest BCUT2D eigenvalue weighted by molar-refractivity contribution is -0.249. The fourth-order valence-electron chi connectivity index (χ4n) is 6.25. The van der Waals surface area contributed by atoms with Crippen molar-refractivity contribution in [2.75, 3.05) is 20.3 Å². The third-order valence-electron chi connectivity index (χ3n) is 8.57. The average molecular weight is 614 g/mol.